The summed E-state index contributed by atoms with van der Waals surface area (Å²) in [4.78, 5) is 71.1. The zero-order valence-corrected chi connectivity index (χ0v) is 19.9. The van der Waals surface area contributed by atoms with Gasteiger partial charge < -0.3 is 37.0 Å². The summed E-state index contributed by atoms with van der Waals surface area (Å²) in [7, 11) is 0. The van der Waals surface area contributed by atoms with E-state index >= 15 is 0 Å². The lowest BCUT2D eigenvalue weighted by atomic mass is 10.0. The summed E-state index contributed by atoms with van der Waals surface area (Å²) in [6, 6.07) is -5.20. The van der Waals surface area contributed by atoms with E-state index < -0.39 is 72.6 Å². The minimum Gasteiger partial charge on any atom is -0.481 e. The molecule has 4 atom stereocenters. The quantitative estimate of drug-likeness (QED) is 0.144. The summed E-state index contributed by atoms with van der Waals surface area (Å²) >= 11 is 0. The predicted octanol–water partition coefficient (Wildman–Crippen LogP) is -0.716. The van der Waals surface area contributed by atoms with Crippen molar-refractivity contribution in [1.82, 2.24) is 16.0 Å². The first kappa shape index (κ1) is 30.8. The Balaban J connectivity index is 5.58. The lowest BCUT2D eigenvalue weighted by Crippen LogP contribution is -2.57. The summed E-state index contributed by atoms with van der Waals surface area (Å²) in [5.41, 5.74) is 5.83. The molecule has 0 aliphatic rings. The molecule has 0 aromatic heterocycles. The molecule has 3 amide bonds. The largest absolute Gasteiger partial charge is 0.481 e. The molecule has 0 aliphatic heterocycles. The molecule has 0 aromatic rings. The van der Waals surface area contributed by atoms with Crippen LogP contribution in [0.1, 0.15) is 59.8 Å². The summed E-state index contributed by atoms with van der Waals surface area (Å²) < 4.78 is 0. The molecule has 0 saturated carbocycles. The van der Waals surface area contributed by atoms with E-state index in [1.165, 1.54) is 0 Å². The molecule has 0 bridgehead atoms. The van der Waals surface area contributed by atoms with Crippen molar-refractivity contribution in [3.8, 4) is 0 Å². The first-order valence-corrected chi connectivity index (χ1v) is 11.0. The van der Waals surface area contributed by atoms with Gasteiger partial charge in [0.05, 0.1) is 12.5 Å². The van der Waals surface area contributed by atoms with Crippen LogP contribution in [0.5, 0.6) is 0 Å². The van der Waals surface area contributed by atoms with Crippen molar-refractivity contribution in [2.45, 2.75) is 84.0 Å². The van der Waals surface area contributed by atoms with E-state index in [1.807, 2.05) is 13.8 Å². The maximum Gasteiger partial charge on any atom is 0.326 e. The molecule has 0 heterocycles. The summed E-state index contributed by atoms with van der Waals surface area (Å²) in [5, 5.41) is 33.9. The first-order chi connectivity index (χ1) is 15.6. The smallest absolute Gasteiger partial charge is 0.326 e. The highest BCUT2D eigenvalue weighted by Gasteiger charge is 2.31. The second-order valence-corrected chi connectivity index (χ2v) is 8.92. The van der Waals surface area contributed by atoms with E-state index in [9.17, 15) is 28.8 Å². The first-order valence-electron chi connectivity index (χ1n) is 11.0. The predicted molar refractivity (Wildman–Crippen MR) is 119 cm³/mol. The number of hydrogen-bond donors (Lipinski definition) is 7. The fraction of sp³-hybridized carbons (Fsp3) is 0.714. The standard InChI is InChI=1S/C21H36N4O9/c1-10(2)7-12(22)18(30)23-13(5-6-16(26)27)19(31)24-14(8-11(3)4)20(32)25-15(21(33)34)9-17(28)29/h10-15H,5-9,22H2,1-4H3,(H,23,30)(H,24,31)(H,25,32)(H,26,27)(H,28,29)(H,33,34). The van der Waals surface area contributed by atoms with E-state index in [4.69, 9.17) is 21.1 Å². The van der Waals surface area contributed by atoms with Crippen molar-refractivity contribution < 1.29 is 44.1 Å². The van der Waals surface area contributed by atoms with Crippen molar-refractivity contribution in [2.24, 2.45) is 17.6 Å². The monoisotopic (exact) mass is 488 g/mol. The molecule has 13 heteroatoms. The number of carboxylic acids is 3. The van der Waals surface area contributed by atoms with Gasteiger partial charge in [-0.2, -0.15) is 0 Å². The van der Waals surface area contributed by atoms with Gasteiger partial charge >= 0.3 is 17.9 Å². The molecule has 13 nitrogen and oxygen atoms in total. The second kappa shape index (κ2) is 14.8. The average molecular weight is 489 g/mol. The Bertz CT molecular complexity index is 755. The summed E-state index contributed by atoms with van der Waals surface area (Å²) in [6.07, 6.45) is -1.18. The van der Waals surface area contributed by atoms with Gasteiger partial charge in [-0.15, -0.1) is 0 Å². The highest BCUT2D eigenvalue weighted by molar-refractivity contribution is 5.94. The van der Waals surface area contributed by atoms with E-state index in [0.717, 1.165) is 0 Å². The Morgan fingerprint density at radius 3 is 1.59 bits per heavy atom. The number of nitrogens with one attached hydrogen (secondary N) is 3. The average Bonchev–Trinajstić information content (AvgIpc) is 2.68. The van der Waals surface area contributed by atoms with E-state index in [1.54, 1.807) is 13.8 Å². The van der Waals surface area contributed by atoms with E-state index in [2.05, 4.69) is 16.0 Å². The summed E-state index contributed by atoms with van der Waals surface area (Å²) in [6.45, 7) is 7.19. The Morgan fingerprint density at radius 2 is 1.15 bits per heavy atom. The molecule has 0 aliphatic carbocycles. The summed E-state index contributed by atoms with van der Waals surface area (Å²) in [5.74, 6) is -6.66. The molecule has 0 saturated heterocycles. The Hall–Kier alpha value is -3.22. The van der Waals surface area contributed by atoms with Crippen molar-refractivity contribution in [1.29, 1.82) is 0 Å². The third kappa shape index (κ3) is 12.7. The van der Waals surface area contributed by atoms with Gasteiger partial charge in [0.1, 0.15) is 18.1 Å². The molecule has 194 valence electrons. The molecule has 4 unspecified atom stereocenters. The Morgan fingerprint density at radius 1 is 0.676 bits per heavy atom. The Kier molecular flexibility index (Phi) is 13.4. The second-order valence-electron chi connectivity index (χ2n) is 8.92. The number of rotatable bonds is 16. The van der Waals surface area contributed by atoms with Crippen molar-refractivity contribution in [2.75, 3.05) is 0 Å². The van der Waals surface area contributed by atoms with Crippen LogP contribution in [0.4, 0.5) is 0 Å². The lowest BCUT2D eigenvalue weighted by Gasteiger charge is -2.26. The van der Waals surface area contributed by atoms with Crippen LogP contribution < -0.4 is 21.7 Å². The molecule has 0 aromatic carbocycles. The molecule has 34 heavy (non-hydrogen) atoms. The highest BCUT2D eigenvalue weighted by atomic mass is 16.4. The molecule has 0 fully saturated rings. The van der Waals surface area contributed by atoms with E-state index in [0.29, 0.717) is 6.42 Å². The maximum absolute atomic E-state index is 12.9. The zero-order valence-electron chi connectivity index (χ0n) is 19.9. The third-order valence-electron chi connectivity index (χ3n) is 4.68. The fourth-order valence-electron chi connectivity index (χ4n) is 3.05. The number of carbonyl (C=O) groups is 6. The van der Waals surface area contributed by atoms with Crippen LogP contribution in [-0.4, -0.2) is 75.1 Å². The van der Waals surface area contributed by atoms with Crippen LogP contribution in [0.15, 0.2) is 0 Å². The number of carboxylic acid groups (broad SMARTS) is 3. The Labute approximate surface area is 197 Å². The highest BCUT2D eigenvalue weighted by Crippen LogP contribution is 2.09. The molecule has 0 spiro atoms. The maximum atomic E-state index is 12.9. The number of amides is 3. The molecule has 0 rings (SSSR count). The van der Waals surface area contributed by atoms with Gasteiger partial charge in [-0.3, -0.25) is 24.0 Å². The molecule has 0 radical (unpaired) electrons. The van der Waals surface area contributed by atoms with Crippen LogP contribution in [0.3, 0.4) is 0 Å². The van der Waals surface area contributed by atoms with Crippen molar-refractivity contribution >= 4 is 35.6 Å². The minimum atomic E-state index is -1.71. The van der Waals surface area contributed by atoms with Gasteiger partial charge in [0.2, 0.25) is 17.7 Å². The fourth-order valence-corrected chi connectivity index (χ4v) is 3.05. The number of aliphatic carboxylic acids is 3. The van der Waals surface area contributed by atoms with Crippen molar-refractivity contribution in [3.05, 3.63) is 0 Å². The van der Waals surface area contributed by atoms with Gasteiger partial charge in [0, 0.05) is 6.42 Å². The molecule has 8 N–H and O–H groups in total. The van der Waals surface area contributed by atoms with E-state index in [-0.39, 0.29) is 24.7 Å². The number of nitrogens with two attached hydrogens (primary N) is 1. The van der Waals surface area contributed by atoms with Crippen LogP contribution >= 0.6 is 0 Å². The number of hydrogen-bond acceptors (Lipinski definition) is 7. The van der Waals surface area contributed by atoms with Gasteiger partial charge in [0.25, 0.3) is 0 Å². The van der Waals surface area contributed by atoms with Gasteiger partial charge in [-0.25, -0.2) is 4.79 Å². The molecular weight excluding hydrogens is 452 g/mol. The van der Waals surface area contributed by atoms with Gasteiger partial charge in [0.15, 0.2) is 0 Å². The van der Waals surface area contributed by atoms with Gasteiger partial charge in [-0.1, -0.05) is 27.7 Å². The SMILES string of the molecule is CC(C)CC(N)C(=O)NC(CCC(=O)O)C(=O)NC(CC(C)C)C(=O)NC(CC(=O)O)C(=O)O. The minimum absolute atomic E-state index is 0.0729. The third-order valence-corrected chi connectivity index (χ3v) is 4.68. The van der Waals surface area contributed by atoms with Crippen molar-refractivity contribution in [3.63, 3.8) is 0 Å². The van der Waals surface area contributed by atoms with Crippen LogP contribution in [0.2, 0.25) is 0 Å². The van der Waals surface area contributed by atoms with Gasteiger partial charge in [-0.05, 0) is 31.1 Å². The van der Waals surface area contributed by atoms with Crippen LogP contribution in [0, 0.1) is 11.8 Å². The number of carbonyl (C=O) groups excluding carboxylic acids is 3. The topological polar surface area (TPSA) is 225 Å². The van der Waals surface area contributed by atoms with Crippen LogP contribution in [-0.2, 0) is 28.8 Å². The molecular formula is C21H36N4O9. The normalized spacial score (nSPS) is 14.6. The lowest BCUT2D eigenvalue weighted by molar-refractivity contribution is -0.147. The van der Waals surface area contributed by atoms with Crippen LogP contribution in [0.25, 0.3) is 0 Å². The zero-order chi connectivity index (χ0) is 26.6.